The molecular formula is C14H17N3O4. The van der Waals surface area contributed by atoms with Crippen molar-refractivity contribution in [2.75, 3.05) is 11.9 Å². The summed E-state index contributed by atoms with van der Waals surface area (Å²) >= 11 is 0. The van der Waals surface area contributed by atoms with Gasteiger partial charge in [-0.15, -0.1) is 0 Å². The standard InChI is InChI=1S/C14H17N3O4/c1-9(18)8-16-12(14(20)21)6-13(19)17-11-5-3-2-4-10(11)7-15/h2-5,9,12,16,18H,6,8H2,1H3,(H,17,19)(H,20,21)/t9-,12+/m1/s1. The number of rotatable bonds is 7. The number of aliphatic hydroxyl groups excluding tert-OH is 1. The number of nitriles is 1. The summed E-state index contributed by atoms with van der Waals surface area (Å²) in [5.41, 5.74) is 0.626. The summed E-state index contributed by atoms with van der Waals surface area (Å²) in [5, 5.41) is 32.9. The van der Waals surface area contributed by atoms with Crippen molar-refractivity contribution < 1.29 is 25.1 Å². The maximum Gasteiger partial charge on any atom is 0.230 e. The highest BCUT2D eigenvalue weighted by Gasteiger charge is 2.19. The summed E-state index contributed by atoms with van der Waals surface area (Å²) in [6.45, 7) is 1.67. The second kappa shape index (κ2) is 7.99. The van der Waals surface area contributed by atoms with Crippen LogP contribution in [-0.2, 0) is 9.59 Å². The van der Waals surface area contributed by atoms with Crippen LogP contribution in [0, 0.1) is 11.3 Å². The molecule has 0 unspecified atom stereocenters. The van der Waals surface area contributed by atoms with Crippen LogP contribution in [0.25, 0.3) is 0 Å². The maximum absolute atomic E-state index is 11.8. The topological polar surface area (TPSA) is 130 Å². The minimum atomic E-state index is -1.38. The van der Waals surface area contributed by atoms with Gasteiger partial charge in [0.15, 0.2) is 0 Å². The van der Waals surface area contributed by atoms with Crippen LogP contribution in [-0.4, -0.2) is 35.7 Å². The predicted molar refractivity (Wildman–Crippen MR) is 71.7 cm³/mol. The summed E-state index contributed by atoms with van der Waals surface area (Å²) < 4.78 is 0. The lowest BCUT2D eigenvalue weighted by atomic mass is 10.1. The fourth-order valence-corrected chi connectivity index (χ4v) is 1.71. The SMILES string of the molecule is C[C@@H](O)C[NH2+][C@@H](CC(=O)Nc1ccccc1C#N)C(=O)[O-]. The van der Waals surface area contributed by atoms with Crippen LogP contribution in [0.15, 0.2) is 24.3 Å². The Morgan fingerprint density at radius 3 is 2.71 bits per heavy atom. The molecule has 0 aliphatic heterocycles. The monoisotopic (exact) mass is 291 g/mol. The van der Waals surface area contributed by atoms with E-state index in [0.29, 0.717) is 11.3 Å². The third-order valence-electron chi connectivity index (χ3n) is 2.79. The highest BCUT2D eigenvalue weighted by molar-refractivity contribution is 5.94. The van der Waals surface area contributed by atoms with Crippen LogP contribution < -0.4 is 15.7 Å². The van der Waals surface area contributed by atoms with Gasteiger partial charge in [0.1, 0.15) is 18.7 Å². The molecule has 7 heteroatoms. The van der Waals surface area contributed by atoms with E-state index in [1.54, 1.807) is 24.3 Å². The quantitative estimate of drug-likeness (QED) is 0.532. The molecular weight excluding hydrogens is 274 g/mol. The Balaban J connectivity index is 2.66. The van der Waals surface area contributed by atoms with E-state index >= 15 is 0 Å². The third-order valence-corrected chi connectivity index (χ3v) is 2.79. The molecule has 4 N–H and O–H groups in total. The average molecular weight is 291 g/mol. The van der Waals surface area contributed by atoms with Crippen LogP contribution in [0.2, 0.25) is 0 Å². The number of quaternary nitrogens is 1. The molecule has 0 fully saturated rings. The number of carboxylic acid groups (broad SMARTS) is 1. The molecule has 0 saturated carbocycles. The number of carboxylic acids is 1. The zero-order valence-electron chi connectivity index (χ0n) is 11.6. The Bertz CT molecular complexity index is 551. The number of aliphatic hydroxyl groups is 1. The Labute approximate surface area is 122 Å². The molecule has 1 aromatic carbocycles. The first-order valence-corrected chi connectivity index (χ1v) is 6.45. The molecule has 1 amide bonds. The number of hydrogen-bond acceptors (Lipinski definition) is 5. The number of anilines is 1. The predicted octanol–water partition coefficient (Wildman–Crippen LogP) is -2.05. The lowest BCUT2D eigenvalue weighted by molar-refractivity contribution is -0.687. The summed E-state index contributed by atoms with van der Waals surface area (Å²) in [5.74, 6) is -1.91. The molecule has 0 aliphatic rings. The van der Waals surface area contributed by atoms with E-state index < -0.39 is 24.0 Å². The third kappa shape index (κ3) is 5.60. The molecule has 7 nitrogen and oxygen atoms in total. The van der Waals surface area contributed by atoms with Gasteiger partial charge >= 0.3 is 0 Å². The van der Waals surface area contributed by atoms with Crippen LogP contribution in [0.3, 0.4) is 0 Å². The number of aliphatic carboxylic acids is 1. The van der Waals surface area contributed by atoms with Crippen molar-refractivity contribution in [1.29, 1.82) is 5.26 Å². The van der Waals surface area contributed by atoms with E-state index in [4.69, 9.17) is 10.4 Å². The van der Waals surface area contributed by atoms with Gasteiger partial charge in [-0.1, -0.05) is 12.1 Å². The highest BCUT2D eigenvalue weighted by atomic mass is 16.4. The average Bonchev–Trinajstić information content (AvgIpc) is 2.43. The molecule has 21 heavy (non-hydrogen) atoms. The largest absolute Gasteiger partial charge is 0.544 e. The van der Waals surface area contributed by atoms with Crippen molar-refractivity contribution in [3.63, 3.8) is 0 Å². The van der Waals surface area contributed by atoms with E-state index in [2.05, 4.69) is 5.32 Å². The number of nitrogens with one attached hydrogen (secondary N) is 1. The first-order chi connectivity index (χ1) is 9.93. The number of para-hydroxylation sites is 1. The molecule has 112 valence electrons. The molecule has 1 rings (SSSR count). The molecule has 0 radical (unpaired) electrons. The second-order valence-electron chi connectivity index (χ2n) is 4.66. The number of nitrogens with zero attached hydrogens (tertiary/aromatic N) is 1. The fraction of sp³-hybridized carbons (Fsp3) is 0.357. The summed E-state index contributed by atoms with van der Waals surface area (Å²) in [6.07, 6.45) is -0.997. The smallest absolute Gasteiger partial charge is 0.230 e. The Hall–Kier alpha value is -2.43. The maximum atomic E-state index is 11.8. The Morgan fingerprint density at radius 2 is 2.14 bits per heavy atom. The summed E-state index contributed by atoms with van der Waals surface area (Å²) in [4.78, 5) is 22.8. The number of carbonyl (C=O) groups is 2. The van der Waals surface area contributed by atoms with Crippen molar-refractivity contribution >= 4 is 17.6 Å². The number of nitrogens with two attached hydrogens (primary N) is 1. The van der Waals surface area contributed by atoms with Gasteiger partial charge in [0, 0.05) is 0 Å². The van der Waals surface area contributed by atoms with Crippen molar-refractivity contribution in [3.05, 3.63) is 29.8 Å². The van der Waals surface area contributed by atoms with Gasteiger partial charge in [0.2, 0.25) is 5.91 Å². The van der Waals surface area contributed by atoms with Gasteiger partial charge in [0.05, 0.1) is 29.7 Å². The molecule has 2 atom stereocenters. The minimum Gasteiger partial charge on any atom is -0.544 e. The normalized spacial score (nSPS) is 13.0. The first kappa shape index (κ1) is 16.6. The minimum absolute atomic E-state index is 0.153. The lowest BCUT2D eigenvalue weighted by Crippen LogP contribution is -2.94. The Morgan fingerprint density at radius 1 is 1.48 bits per heavy atom. The van der Waals surface area contributed by atoms with Gasteiger partial charge in [0.25, 0.3) is 0 Å². The molecule has 0 heterocycles. The van der Waals surface area contributed by atoms with Crippen molar-refractivity contribution in [1.82, 2.24) is 0 Å². The van der Waals surface area contributed by atoms with Crippen molar-refractivity contribution in [2.24, 2.45) is 0 Å². The van der Waals surface area contributed by atoms with Crippen LogP contribution in [0.4, 0.5) is 5.69 Å². The Kier molecular flexibility index (Phi) is 6.33. The number of hydrogen-bond donors (Lipinski definition) is 3. The van der Waals surface area contributed by atoms with Gasteiger partial charge in [-0.25, -0.2) is 0 Å². The van der Waals surface area contributed by atoms with Crippen LogP contribution in [0.5, 0.6) is 0 Å². The van der Waals surface area contributed by atoms with Crippen molar-refractivity contribution in [3.8, 4) is 6.07 Å². The number of amides is 1. The first-order valence-electron chi connectivity index (χ1n) is 6.45. The molecule has 0 bridgehead atoms. The second-order valence-corrected chi connectivity index (χ2v) is 4.66. The number of benzene rings is 1. The molecule has 0 aromatic heterocycles. The number of carbonyl (C=O) groups excluding carboxylic acids is 2. The van der Waals surface area contributed by atoms with E-state index in [-0.39, 0.29) is 13.0 Å². The van der Waals surface area contributed by atoms with Crippen LogP contribution >= 0.6 is 0 Å². The summed E-state index contributed by atoms with van der Waals surface area (Å²) in [6, 6.07) is 7.27. The molecule has 0 saturated heterocycles. The van der Waals surface area contributed by atoms with Gasteiger partial charge < -0.3 is 25.6 Å². The van der Waals surface area contributed by atoms with E-state index in [9.17, 15) is 14.7 Å². The van der Waals surface area contributed by atoms with E-state index in [1.165, 1.54) is 12.2 Å². The van der Waals surface area contributed by atoms with Gasteiger partial charge in [-0.2, -0.15) is 5.26 Å². The zero-order chi connectivity index (χ0) is 15.8. The summed E-state index contributed by atoms with van der Waals surface area (Å²) in [7, 11) is 0. The fourth-order valence-electron chi connectivity index (χ4n) is 1.71. The highest BCUT2D eigenvalue weighted by Crippen LogP contribution is 2.13. The molecule has 1 aromatic rings. The van der Waals surface area contributed by atoms with E-state index in [0.717, 1.165) is 0 Å². The van der Waals surface area contributed by atoms with Crippen LogP contribution in [0.1, 0.15) is 18.9 Å². The van der Waals surface area contributed by atoms with Gasteiger partial charge in [-0.05, 0) is 19.1 Å². The molecule has 0 spiro atoms. The van der Waals surface area contributed by atoms with Crippen molar-refractivity contribution in [2.45, 2.75) is 25.5 Å². The zero-order valence-corrected chi connectivity index (χ0v) is 11.6. The lowest BCUT2D eigenvalue weighted by Gasteiger charge is -2.17. The molecule has 0 aliphatic carbocycles. The van der Waals surface area contributed by atoms with Gasteiger partial charge in [-0.3, -0.25) is 4.79 Å². The van der Waals surface area contributed by atoms with E-state index in [1.807, 2.05) is 6.07 Å².